The predicted molar refractivity (Wildman–Crippen MR) is 70.2 cm³/mol. The van der Waals surface area contributed by atoms with Gasteiger partial charge in [0.2, 0.25) is 5.95 Å². The Hall–Kier alpha value is -2.36. The lowest BCUT2D eigenvalue weighted by molar-refractivity contribution is -0.141. The predicted octanol–water partition coefficient (Wildman–Crippen LogP) is 1.48. The summed E-state index contributed by atoms with van der Waals surface area (Å²) in [6.07, 6.45) is -1.20. The number of hydrogen-bond acceptors (Lipinski definition) is 6. The fourth-order valence-electron chi connectivity index (χ4n) is 1.72. The van der Waals surface area contributed by atoms with Crippen LogP contribution in [0.3, 0.4) is 0 Å². The molecule has 0 aliphatic rings. The Morgan fingerprint density at radius 1 is 1.38 bits per heavy atom. The summed E-state index contributed by atoms with van der Waals surface area (Å²) in [7, 11) is 0. The molecule has 1 unspecified atom stereocenters. The second-order valence-electron chi connectivity index (χ2n) is 4.38. The van der Waals surface area contributed by atoms with E-state index in [4.69, 9.17) is 5.84 Å². The molecule has 4 N–H and O–H groups in total. The third kappa shape index (κ3) is 4.05. The number of nitrogen functional groups attached to an aromatic ring is 1. The number of hydrazine groups is 1. The van der Waals surface area contributed by atoms with Gasteiger partial charge in [0.05, 0.1) is 6.54 Å². The first-order valence-electron chi connectivity index (χ1n) is 6.05. The van der Waals surface area contributed by atoms with Crippen LogP contribution in [0.4, 0.5) is 24.9 Å². The molecule has 2 aromatic heterocycles. The van der Waals surface area contributed by atoms with Gasteiger partial charge in [-0.25, -0.2) is 10.8 Å². The van der Waals surface area contributed by atoms with E-state index in [-0.39, 0.29) is 17.8 Å². The van der Waals surface area contributed by atoms with Crippen LogP contribution < -0.4 is 16.6 Å². The number of anilines is 2. The fraction of sp³-hybridized carbons (Fsp3) is 0.364. The van der Waals surface area contributed by atoms with Gasteiger partial charge in [-0.15, -0.1) is 0 Å². The Kier molecular flexibility index (Phi) is 4.26. The number of nitrogens with one attached hydrogen (secondary N) is 2. The van der Waals surface area contributed by atoms with Gasteiger partial charge in [0.1, 0.15) is 5.82 Å². The maximum Gasteiger partial charge on any atom is 0.433 e. The Bertz CT molecular complexity index is 582. The molecule has 2 aromatic rings. The molecular formula is C11H14F3N7. The lowest BCUT2D eigenvalue weighted by Crippen LogP contribution is -2.24. The number of aromatic nitrogens is 4. The standard InChI is InChI=1S/C11H14F3N7/c1-7(6-21-4-2-3-16-21)17-9-5-8(11(12,13)14)18-10(19-9)20-15/h2-5,7H,6,15H2,1H3,(H2,17,18,19,20). The number of nitrogens with zero attached hydrogens (tertiary/aromatic N) is 4. The zero-order valence-electron chi connectivity index (χ0n) is 11.1. The van der Waals surface area contributed by atoms with E-state index in [1.807, 2.05) is 5.43 Å². The molecule has 114 valence electrons. The first-order chi connectivity index (χ1) is 9.88. The van der Waals surface area contributed by atoms with Crippen LogP contribution in [0.25, 0.3) is 0 Å². The molecule has 10 heteroatoms. The van der Waals surface area contributed by atoms with Crippen LogP contribution in [-0.2, 0) is 12.7 Å². The van der Waals surface area contributed by atoms with Crippen LogP contribution >= 0.6 is 0 Å². The highest BCUT2D eigenvalue weighted by Gasteiger charge is 2.33. The van der Waals surface area contributed by atoms with E-state index in [1.54, 1.807) is 30.1 Å². The van der Waals surface area contributed by atoms with Crippen molar-refractivity contribution < 1.29 is 13.2 Å². The summed E-state index contributed by atoms with van der Waals surface area (Å²) in [6.45, 7) is 2.27. The van der Waals surface area contributed by atoms with Gasteiger partial charge in [0.25, 0.3) is 0 Å². The van der Waals surface area contributed by atoms with Crippen molar-refractivity contribution in [3.8, 4) is 0 Å². The molecule has 0 amide bonds. The highest BCUT2D eigenvalue weighted by molar-refractivity contribution is 5.43. The molecule has 0 aliphatic heterocycles. The van der Waals surface area contributed by atoms with Crippen LogP contribution in [0.15, 0.2) is 24.5 Å². The molecule has 0 saturated heterocycles. The molecule has 7 nitrogen and oxygen atoms in total. The van der Waals surface area contributed by atoms with Crippen LogP contribution in [0.5, 0.6) is 0 Å². The first-order valence-corrected chi connectivity index (χ1v) is 6.05. The topological polar surface area (TPSA) is 93.7 Å². The molecule has 2 rings (SSSR count). The van der Waals surface area contributed by atoms with Crippen molar-refractivity contribution in [1.82, 2.24) is 19.7 Å². The van der Waals surface area contributed by atoms with Gasteiger partial charge in [0, 0.05) is 24.5 Å². The summed E-state index contributed by atoms with van der Waals surface area (Å²) < 4.78 is 39.8. The van der Waals surface area contributed by atoms with Crippen molar-refractivity contribution >= 4 is 11.8 Å². The largest absolute Gasteiger partial charge is 0.433 e. The number of nitrogens with two attached hydrogens (primary N) is 1. The average molecular weight is 301 g/mol. The number of alkyl halides is 3. The van der Waals surface area contributed by atoms with Gasteiger partial charge in [-0.1, -0.05) is 0 Å². The average Bonchev–Trinajstić information content (AvgIpc) is 2.89. The summed E-state index contributed by atoms with van der Waals surface area (Å²) in [6, 6.07) is 2.40. The van der Waals surface area contributed by atoms with Gasteiger partial charge < -0.3 is 5.32 Å². The van der Waals surface area contributed by atoms with Crippen molar-refractivity contribution in [3.05, 3.63) is 30.2 Å². The molecule has 21 heavy (non-hydrogen) atoms. The maximum absolute atomic E-state index is 12.7. The quantitative estimate of drug-likeness (QED) is 0.572. The SMILES string of the molecule is CC(Cn1cccn1)Nc1cc(C(F)(F)F)nc(NN)n1. The first kappa shape index (κ1) is 15.0. The van der Waals surface area contributed by atoms with Crippen molar-refractivity contribution in [3.63, 3.8) is 0 Å². The summed E-state index contributed by atoms with van der Waals surface area (Å²) in [5.74, 6) is 4.81. The molecule has 0 bridgehead atoms. The zero-order valence-corrected chi connectivity index (χ0v) is 11.1. The van der Waals surface area contributed by atoms with Gasteiger partial charge in [-0.05, 0) is 13.0 Å². The highest BCUT2D eigenvalue weighted by Crippen LogP contribution is 2.29. The van der Waals surface area contributed by atoms with Gasteiger partial charge >= 0.3 is 6.18 Å². The van der Waals surface area contributed by atoms with E-state index in [1.165, 1.54) is 0 Å². The number of halogens is 3. The maximum atomic E-state index is 12.7. The second kappa shape index (κ2) is 5.95. The number of rotatable bonds is 5. The molecule has 0 saturated carbocycles. The Morgan fingerprint density at radius 3 is 2.71 bits per heavy atom. The van der Waals surface area contributed by atoms with E-state index >= 15 is 0 Å². The van der Waals surface area contributed by atoms with E-state index in [9.17, 15) is 13.2 Å². The van der Waals surface area contributed by atoms with Crippen LogP contribution in [0.1, 0.15) is 12.6 Å². The van der Waals surface area contributed by atoms with Crippen LogP contribution in [-0.4, -0.2) is 25.8 Å². The van der Waals surface area contributed by atoms with Gasteiger partial charge in [-0.2, -0.15) is 23.3 Å². The Balaban J connectivity index is 2.15. The lowest BCUT2D eigenvalue weighted by Gasteiger charge is -2.16. The second-order valence-corrected chi connectivity index (χ2v) is 4.38. The number of hydrogen-bond donors (Lipinski definition) is 3. The molecule has 0 spiro atoms. The van der Waals surface area contributed by atoms with E-state index in [2.05, 4.69) is 20.4 Å². The third-order valence-corrected chi connectivity index (χ3v) is 2.56. The fourth-order valence-corrected chi connectivity index (χ4v) is 1.72. The summed E-state index contributed by atoms with van der Waals surface area (Å²) in [5, 5.41) is 6.88. The molecule has 0 fully saturated rings. The summed E-state index contributed by atoms with van der Waals surface area (Å²) in [4.78, 5) is 7.12. The van der Waals surface area contributed by atoms with Crippen molar-refractivity contribution in [1.29, 1.82) is 0 Å². The van der Waals surface area contributed by atoms with Crippen LogP contribution in [0.2, 0.25) is 0 Å². The van der Waals surface area contributed by atoms with Crippen LogP contribution in [0, 0.1) is 0 Å². The van der Waals surface area contributed by atoms with E-state index < -0.39 is 11.9 Å². The molecule has 0 radical (unpaired) electrons. The molecular weight excluding hydrogens is 287 g/mol. The smallest absolute Gasteiger partial charge is 0.366 e. The van der Waals surface area contributed by atoms with Gasteiger partial charge in [0.15, 0.2) is 5.69 Å². The summed E-state index contributed by atoms with van der Waals surface area (Å²) >= 11 is 0. The van der Waals surface area contributed by atoms with Crippen molar-refractivity contribution in [2.75, 3.05) is 10.7 Å². The van der Waals surface area contributed by atoms with Gasteiger partial charge in [-0.3, -0.25) is 10.1 Å². The van der Waals surface area contributed by atoms with Crippen molar-refractivity contribution in [2.45, 2.75) is 25.7 Å². The third-order valence-electron chi connectivity index (χ3n) is 2.56. The Labute approximate surface area is 118 Å². The molecule has 0 aromatic carbocycles. The van der Waals surface area contributed by atoms with E-state index in [0.717, 1.165) is 6.07 Å². The molecule has 0 aliphatic carbocycles. The highest BCUT2D eigenvalue weighted by atomic mass is 19.4. The normalized spacial score (nSPS) is 13.0. The minimum absolute atomic E-state index is 0.0323. The Morgan fingerprint density at radius 2 is 2.14 bits per heavy atom. The molecule has 2 heterocycles. The monoisotopic (exact) mass is 301 g/mol. The van der Waals surface area contributed by atoms with E-state index in [0.29, 0.717) is 6.54 Å². The lowest BCUT2D eigenvalue weighted by atomic mass is 10.3. The minimum atomic E-state index is -4.57. The summed E-state index contributed by atoms with van der Waals surface area (Å²) in [5.41, 5.74) is 0.949. The van der Waals surface area contributed by atoms with Crippen molar-refractivity contribution in [2.24, 2.45) is 5.84 Å². The minimum Gasteiger partial charge on any atom is -0.366 e. The zero-order chi connectivity index (χ0) is 15.5. The molecule has 1 atom stereocenters.